The lowest BCUT2D eigenvalue weighted by Crippen LogP contribution is -2.53. The second-order valence-corrected chi connectivity index (χ2v) is 11.0. The van der Waals surface area contributed by atoms with Crippen molar-refractivity contribution in [3.8, 4) is 5.88 Å². The van der Waals surface area contributed by atoms with Gasteiger partial charge < -0.3 is 30.7 Å². The Hall–Kier alpha value is -4.28. The van der Waals surface area contributed by atoms with Crippen LogP contribution in [0.25, 0.3) is 0 Å². The van der Waals surface area contributed by atoms with Gasteiger partial charge >= 0.3 is 5.97 Å². The summed E-state index contributed by atoms with van der Waals surface area (Å²) in [4.78, 5) is 22.9. The molecule has 0 aliphatic carbocycles. The van der Waals surface area contributed by atoms with E-state index in [1.165, 1.54) is 12.3 Å². The van der Waals surface area contributed by atoms with Gasteiger partial charge in [-0.3, -0.25) is 4.90 Å². The number of benzene rings is 2. The molecule has 0 amide bonds. The second kappa shape index (κ2) is 14.3. The summed E-state index contributed by atoms with van der Waals surface area (Å²) in [7, 11) is 1.80. The maximum atomic E-state index is 14.2. The Morgan fingerprint density at radius 3 is 2.74 bits per heavy atom. The highest BCUT2D eigenvalue weighted by Gasteiger charge is 2.27. The summed E-state index contributed by atoms with van der Waals surface area (Å²) in [6, 6.07) is 15.3. The van der Waals surface area contributed by atoms with E-state index in [-0.39, 0.29) is 18.2 Å². The van der Waals surface area contributed by atoms with Crippen LogP contribution in [0.1, 0.15) is 28.4 Å². The van der Waals surface area contributed by atoms with Crippen molar-refractivity contribution in [2.45, 2.75) is 26.5 Å². The molecule has 4 rings (SSSR count). The van der Waals surface area contributed by atoms with Crippen LogP contribution in [0.4, 0.5) is 15.9 Å². The van der Waals surface area contributed by atoms with E-state index in [1.807, 2.05) is 30.0 Å². The van der Waals surface area contributed by atoms with Crippen LogP contribution >= 0.6 is 11.6 Å². The summed E-state index contributed by atoms with van der Waals surface area (Å²) in [5, 5.41) is 13.0. The average molecular weight is 609 g/mol. The number of carbonyl (C=O) groups is 1. The monoisotopic (exact) mass is 608 g/mol. The zero-order valence-corrected chi connectivity index (χ0v) is 25.4. The van der Waals surface area contributed by atoms with E-state index in [0.29, 0.717) is 29.6 Å². The number of carboxylic acid groups (broad SMARTS) is 1. The lowest BCUT2D eigenvalue weighted by atomic mass is 10.1. The molecule has 2 aromatic carbocycles. The van der Waals surface area contributed by atoms with E-state index in [2.05, 4.69) is 33.6 Å². The van der Waals surface area contributed by atoms with Crippen molar-refractivity contribution in [2.24, 2.45) is 5.73 Å². The van der Waals surface area contributed by atoms with Crippen LogP contribution in [0.15, 0.2) is 78.8 Å². The summed E-state index contributed by atoms with van der Waals surface area (Å²) in [5.74, 6) is -0.202. The van der Waals surface area contributed by atoms with Gasteiger partial charge in [-0.1, -0.05) is 36.4 Å². The predicted molar refractivity (Wildman–Crippen MR) is 169 cm³/mol. The number of piperazine rings is 1. The number of nitrogens with two attached hydrogens (primary N) is 1. The van der Waals surface area contributed by atoms with Crippen LogP contribution in [0.5, 0.6) is 5.88 Å². The minimum Gasteiger partial charge on any atom is -0.478 e. The van der Waals surface area contributed by atoms with Gasteiger partial charge in [-0.25, -0.2) is 9.18 Å². The minimum absolute atomic E-state index is 0.0473. The summed E-state index contributed by atoms with van der Waals surface area (Å²) >= 11 is 5.85. The van der Waals surface area contributed by atoms with Crippen molar-refractivity contribution in [3.05, 3.63) is 106 Å². The first-order valence-corrected chi connectivity index (χ1v) is 14.4. The number of hydrogen-bond donors (Lipinski definition) is 3. The molecule has 1 atom stereocenters. The standard InChI is InChI=1S/C32H38ClFN6O3/c1-21-8-9-24(32(41)42)14-29(21)40(19-27(16-35)36-4)23(3)18-38-12-13-39(17-22(38)2)30-6-5-7-31(37-30)43-20-25-10-11-26(33)15-28(25)34/h5-11,14-16,22,36H,3,12-13,17-20,35H2,1-2,4H3,(H,41,42)/b27-16-. The predicted octanol–water partition coefficient (Wildman–Crippen LogP) is 5.01. The van der Waals surface area contributed by atoms with Crippen LogP contribution in [-0.2, 0) is 6.61 Å². The number of ether oxygens (including phenoxy) is 1. The highest BCUT2D eigenvalue weighted by Crippen LogP contribution is 2.28. The number of aromatic nitrogens is 1. The van der Waals surface area contributed by atoms with Crippen LogP contribution in [0.2, 0.25) is 5.02 Å². The molecule has 1 unspecified atom stereocenters. The molecule has 1 aliphatic heterocycles. The number of aryl methyl sites for hydroxylation is 1. The number of rotatable bonds is 12. The van der Waals surface area contributed by atoms with Crippen molar-refractivity contribution in [1.82, 2.24) is 15.2 Å². The fourth-order valence-electron chi connectivity index (χ4n) is 4.99. The Labute approximate surface area is 257 Å². The van der Waals surface area contributed by atoms with Crippen molar-refractivity contribution in [2.75, 3.05) is 49.6 Å². The first-order chi connectivity index (χ1) is 20.6. The van der Waals surface area contributed by atoms with Gasteiger partial charge in [0.25, 0.3) is 0 Å². The summed E-state index contributed by atoms with van der Waals surface area (Å²) < 4.78 is 20.0. The molecule has 1 aromatic heterocycles. The third-order valence-electron chi connectivity index (χ3n) is 7.55. The summed E-state index contributed by atoms with van der Waals surface area (Å²) in [6.45, 7) is 11.8. The number of halogens is 2. The molecule has 1 saturated heterocycles. The number of anilines is 2. The van der Waals surface area contributed by atoms with Gasteiger partial charge in [0, 0.05) is 79.2 Å². The third kappa shape index (κ3) is 7.97. The lowest BCUT2D eigenvalue weighted by molar-refractivity contribution is 0.0697. The Kier molecular flexibility index (Phi) is 10.5. The van der Waals surface area contributed by atoms with E-state index in [4.69, 9.17) is 22.1 Å². The Morgan fingerprint density at radius 2 is 2.07 bits per heavy atom. The van der Waals surface area contributed by atoms with Crippen molar-refractivity contribution < 1.29 is 19.0 Å². The summed E-state index contributed by atoms with van der Waals surface area (Å²) in [5.41, 5.74) is 9.77. The van der Waals surface area contributed by atoms with Crippen molar-refractivity contribution >= 4 is 29.1 Å². The van der Waals surface area contributed by atoms with E-state index < -0.39 is 11.8 Å². The van der Waals surface area contributed by atoms with Crippen LogP contribution in [-0.4, -0.2) is 66.8 Å². The average Bonchev–Trinajstić information content (AvgIpc) is 2.99. The van der Waals surface area contributed by atoms with Crippen LogP contribution < -0.4 is 25.6 Å². The Bertz CT molecular complexity index is 1500. The van der Waals surface area contributed by atoms with E-state index in [1.54, 1.807) is 37.4 Å². The number of carboxylic acids is 1. The van der Waals surface area contributed by atoms with Gasteiger partial charge in [-0.15, -0.1) is 0 Å². The maximum absolute atomic E-state index is 14.2. The maximum Gasteiger partial charge on any atom is 0.335 e. The second-order valence-electron chi connectivity index (χ2n) is 10.5. The zero-order chi connectivity index (χ0) is 31.1. The molecule has 0 radical (unpaired) electrons. The number of hydrogen-bond acceptors (Lipinski definition) is 8. The zero-order valence-electron chi connectivity index (χ0n) is 24.7. The van der Waals surface area contributed by atoms with Crippen LogP contribution in [0, 0.1) is 12.7 Å². The van der Waals surface area contributed by atoms with Crippen molar-refractivity contribution in [3.63, 3.8) is 0 Å². The first-order valence-electron chi connectivity index (χ1n) is 14.0. The van der Waals surface area contributed by atoms with Gasteiger partial charge in [0.1, 0.15) is 18.2 Å². The number of nitrogens with zero attached hydrogens (tertiary/aromatic N) is 4. The number of pyridine rings is 1. The molecule has 3 aromatic rings. The molecule has 228 valence electrons. The summed E-state index contributed by atoms with van der Waals surface area (Å²) in [6.07, 6.45) is 1.51. The number of nitrogens with one attached hydrogen (secondary N) is 1. The minimum atomic E-state index is -0.986. The number of likely N-dealkylation sites (N-methyl/N-ethyl adjacent to an activating group) is 1. The lowest BCUT2D eigenvalue weighted by Gasteiger charge is -2.42. The molecule has 9 nitrogen and oxygen atoms in total. The molecule has 0 spiro atoms. The van der Waals surface area contributed by atoms with E-state index >= 15 is 0 Å². The highest BCUT2D eigenvalue weighted by molar-refractivity contribution is 6.30. The van der Waals surface area contributed by atoms with Gasteiger partial charge in [0.15, 0.2) is 0 Å². The smallest absolute Gasteiger partial charge is 0.335 e. The third-order valence-corrected chi connectivity index (χ3v) is 7.79. The Morgan fingerprint density at radius 1 is 1.28 bits per heavy atom. The van der Waals surface area contributed by atoms with Crippen molar-refractivity contribution in [1.29, 1.82) is 0 Å². The molecule has 0 saturated carbocycles. The Balaban J connectivity index is 1.43. The van der Waals surface area contributed by atoms with Gasteiger partial charge in [0.2, 0.25) is 5.88 Å². The quantitative estimate of drug-likeness (QED) is 0.262. The molecule has 43 heavy (non-hydrogen) atoms. The number of aromatic carboxylic acids is 1. The van der Waals surface area contributed by atoms with E-state index in [9.17, 15) is 14.3 Å². The first kappa shape index (κ1) is 31.7. The normalized spacial score (nSPS) is 15.7. The fraction of sp³-hybridized carbons (Fsp3) is 0.312. The SMILES string of the molecule is C=C(CN1CCN(c2cccc(OCc3ccc(Cl)cc3F)n2)CC1C)N(C/C(=C/N)NC)c1cc(C(=O)O)ccc1C. The molecule has 11 heteroatoms. The van der Waals surface area contributed by atoms with Gasteiger partial charge in [-0.05, 0) is 49.7 Å². The van der Waals surface area contributed by atoms with Gasteiger partial charge in [-0.2, -0.15) is 4.98 Å². The molecule has 2 heterocycles. The molecule has 4 N–H and O–H groups in total. The van der Waals surface area contributed by atoms with E-state index in [0.717, 1.165) is 48.1 Å². The fourth-order valence-corrected chi connectivity index (χ4v) is 5.15. The molecule has 1 fully saturated rings. The topological polar surface area (TPSA) is 107 Å². The highest BCUT2D eigenvalue weighted by atomic mass is 35.5. The van der Waals surface area contributed by atoms with Crippen LogP contribution in [0.3, 0.4) is 0 Å². The molecule has 0 bridgehead atoms. The molecular formula is C32H38ClFN6O3. The molecule has 1 aliphatic rings. The molecular weight excluding hydrogens is 571 g/mol. The largest absolute Gasteiger partial charge is 0.478 e. The van der Waals surface area contributed by atoms with Gasteiger partial charge in [0.05, 0.1) is 12.1 Å².